The van der Waals surface area contributed by atoms with Crippen LogP contribution in [0.3, 0.4) is 0 Å². The van der Waals surface area contributed by atoms with Crippen LogP contribution in [0.4, 0.5) is 5.69 Å². The number of hydrogen-bond donors (Lipinski definition) is 2. The van der Waals surface area contributed by atoms with Gasteiger partial charge in [-0.2, -0.15) is 0 Å². The number of benzene rings is 1. The molecule has 0 saturated heterocycles. The molecular formula is C14H13ClN2O. The first-order chi connectivity index (χ1) is 8.74. The van der Waals surface area contributed by atoms with Gasteiger partial charge in [-0.05, 0) is 42.7 Å². The third kappa shape index (κ3) is 2.02. The summed E-state index contributed by atoms with van der Waals surface area (Å²) in [6.07, 6.45) is 3.90. The monoisotopic (exact) mass is 260 g/mol. The standard InChI is InChI=1S/C14H13ClN2O/c15-11-8-10(4-6-13(11)18)17-12-5-3-9-2-1-7-16-14(9)12/h1-2,4,6-8,12,17-18H,3,5H2. The Kier molecular flexibility index (Phi) is 2.84. The Morgan fingerprint density at radius 1 is 1.33 bits per heavy atom. The Hall–Kier alpha value is -1.74. The van der Waals surface area contributed by atoms with Crippen LogP contribution in [0.15, 0.2) is 36.5 Å². The molecule has 0 aliphatic heterocycles. The maximum Gasteiger partial charge on any atom is 0.134 e. The number of phenolic OH excluding ortho intramolecular Hbond substituents is 1. The average molecular weight is 261 g/mol. The summed E-state index contributed by atoms with van der Waals surface area (Å²) in [5.74, 6) is 0.104. The van der Waals surface area contributed by atoms with Gasteiger partial charge >= 0.3 is 0 Å². The largest absolute Gasteiger partial charge is 0.506 e. The summed E-state index contributed by atoms with van der Waals surface area (Å²) < 4.78 is 0. The fourth-order valence-electron chi connectivity index (χ4n) is 2.35. The fourth-order valence-corrected chi connectivity index (χ4v) is 2.53. The van der Waals surface area contributed by atoms with Crippen molar-refractivity contribution in [1.29, 1.82) is 0 Å². The second-order valence-corrected chi connectivity index (χ2v) is 4.86. The van der Waals surface area contributed by atoms with Crippen LogP contribution in [0.1, 0.15) is 23.7 Å². The van der Waals surface area contributed by atoms with Crippen LogP contribution < -0.4 is 5.32 Å². The lowest BCUT2D eigenvalue weighted by atomic mass is 10.2. The van der Waals surface area contributed by atoms with Gasteiger partial charge in [0.2, 0.25) is 0 Å². The minimum absolute atomic E-state index is 0.104. The van der Waals surface area contributed by atoms with Crippen LogP contribution >= 0.6 is 11.6 Å². The van der Waals surface area contributed by atoms with E-state index in [9.17, 15) is 5.11 Å². The lowest BCUT2D eigenvalue weighted by Crippen LogP contribution is -2.08. The molecule has 0 saturated carbocycles. The van der Waals surface area contributed by atoms with Crippen LogP contribution in [0.5, 0.6) is 5.75 Å². The second kappa shape index (κ2) is 4.50. The molecule has 1 aromatic heterocycles. The summed E-state index contributed by atoms with van der Waals surface area (Å²) >= 11 is 5.89. The summed E-state index contributed by atoms with van der Waals surface area (Å²) in [5.41, 5.74) is 3.32. The highest BCUT2D eigenvalue weighted by Gasteiger charge is 2.23. The minimum atomic E-state index is 0.104. The summed E-state index contributed by atoms with van der Waals surface area (Å²) in [5, 5.41) is 13.2. The number of halogens is 1. The number of rotatable bonds is 2. The molecular weight excluding hydrogens is 248 g/mol. The van der Waals surface area contributed by atoms with Crippen LogP contribution in [-0.4, -0.2) is 10.1 Å². The zero-order valence-electron chi connectivity index (χ0n) is 9.73. The van der Waals surface area contributed by atoms with Crippen molar-refractivity contribution in [3.8, 4) is 5.75 Å². The number of anilines is 1. The normalized spacial score (nSPS) is 17.5. The number of aromatic nitrogens is 1. The number of fused-ring (bicyclic) bond motifs is 1. The molecule has 0 spiro atoms. The predicted octanol–water partition coefficient (Wildman–Crippen LogP) is 3.54. The van der Waals surface area contributed by atoms with E-state index in [1.807, 2.05) is 18.3 Å². The Bertz CT molecular complexity index is 586. The Morgan fingerprint density at radius 3 is 3.06 bits per heavy atom. The van der Waals surface area contributed by atoms with Gasteiger partial charge in [-0.3, -0.25) is 4.98 Å². The van der Waals surface area contributed by atoms with E-state index in [-0.39, 0.29) is 11.8 Å². The maximum absolute atomic E-state index is 9.39. The molecule has 92 valence electrons. The van der Waals surface area contributed by atoms with Crippen LogP contribution in [0, 0.1) is 0 Å². The molecule has 2 aromatic rings. The van der Waals surface area contributed by atoms with Crippen molar-refractivity contribution in [3.05, 3.63) is 52.8 Å². The van der Waals surface area contributed by atoms with Gasteiger partial charge in [0.25, 0.3) is 0 Å². The summed E-state index contributed by atoms with van der Waals surface area (Å²) in [7, 11) is 0. The molecule has 4 heteroatoms. The third-order valence-corrected chi connectivity index (χ3v) is 3.55. The smallest absolute Gasteiger partial charge is 0.134 e. The number of nitrogens with one attached hydrogen (secondary N) is 1. The van der Waals surface area contributed by atoms with E-state index in [4.69, 9.17) is 11.6 Å². The molecule has 3 nitrogen and oxygen atoms in total. The number of phenols is 1. The predicted molar refractivity (Wildman–Crippen MR) is 72.0 cm³/mol. The van der Waals surface area contributed by atoms with Gasteiger partial charge in [-0.1, -0.05) is 17.7 Å². The highest BCUT2D eigenvalue weighted by atomic mass is 35.5. The van der Waals surface area contributed by atoms with E-state index in [0.29, 0.717) is 5.02 Å². The summed E-state index contributed by atoms with van der Waals surface area (Å²) in [6.45, 7) is 0. The Labute approximate surface area is 110 Å². The molecule has 1 atom stereocenters. The van der Waals surface area contributed by atoms with E-state index in [0.717, 1.165) is 24.2 Å². The molecule has 1 aliphatic carbocycles. The lowest BCUT2D eigenvalue weighted by Gasteiger charge is -2.15. The molecule has 1 heterocycles. The molecule has 2 N–H and O–H groups in total. The molecule has 1 unspecified atom stereocenters. The molecule has 0 fully saturated rings. The fraction of sp³-hybridized carbons (Fsp3) is 0.214. The molecule has 1 aliphatic rings. The van der Waals surface area contributed by atoms with Crippen LogP contribution in [-0.2, 0) is 6.42 Å². The van der Waals surface area contributed by atoms with E-state index >= 15 is 0 Å². The van der Waals surface area contributed by atoms with Gasteiger partial charge in [0.1, 0.15) is 5.75 Å². The molecule has 0 radical (unpaired) electrons. The summed E-state index contributed by atoms with van der Waals surface area (Å²) in [6, 6.07) is 9.47. The molecule has 3 rings (SSSR count). The first-order valence-electron chi connectivity index (χ1n) is 5.93. The highest BCUT2D eigenvalue weighted by Crippen LogP contribution is 2.34. The molecule has 1 aromatic carbocycles. The van der Waals surface area contributed by atoms with Gasteiger partial charge in [0, 0.05) is 11.9 Å². The van der Waals surface area contributed by atoms with Crippen molar-refractivity contribution in [3.63, 3.8) is 0 Å². The highest BCUT2D eigenvalue weighted by molar-refractivity contribution is 6.32. The van der Waals surface area contributed by atoms with E-state index in [1.165, 1.54) is 5.56 Å². The van der Waals surface area contributed by atoms with Gasteiger partial charge < -0.3 is 10.4 Å². The number of aryl methyl sites for hydroxylation is 1. The molecule has 0 amide bonds. The van der Waals surface area contributed by atoms with Crippen LogP contribution in [0.2, 0.25) is 5.02 Å². The quantitative estimate of drug-likeness (QED) is 0.812. The van der Waals surface area contributed by atoms with Crippen molar-refractivity contribution < 1.29 is 5.11 Å². The third-order valence-electron chi connectivity index (χ3n) is 3.25. The molecule has 18 heavy (non-hydrogen) atoms. The van der Waals surface area contributed by atoms with Gasteiger partial charge in [-0.15, -0.1) is 0 Å². The van der Waals surface area contributed by atoms with Crippen LogP contribution in [0.25, 0.3) is 0 Å². The SMILES string of the molecule is Oc1ccc(NC2CCc3cccnc32)cc1Cl. The first kappa shape index (κ1) is 11.4. The number of aromatic hydroxyl groups is 1. The number of pyridine rings is 1. The Morgan fingerprint density at radius 2 is 2.22 bits per heavy atom. The average Bonchev–Trinajstić information content (AvgIpc) is 2.78. The lowest BCUT2D eigenvalue weighted by molar-refractivity contribution is 0.475. The van der Waals surface area contributed by atoms with Gasteiger partial charge in [0.05, 0.1) is 16.8 Å². The molecule has 0 bridgehead atoms. The van der Waals surface area contributed by atoms with E-state index < -0.39 is 0 Å². The van der Waals surface area contributed by atoms with Gasteiger partial charge in [-0.25, -0.2) is 0 Å². The first-order valence-corrected chi connectivity index (χ1v) is 6.30. The number of nitrogens with zero attached hydrogens (tertiary/aromatic N) is 1. The van der Waals surface area contributed by atoms with Crippen molar-refractivity contribution in [2.24, 2.45) is 0 Å². The number of hydrogen-bond acceptors (Lipinski definition) is 3. The second-order valence-electron chi connectivity index (χ2n) is 4.45. The topological polar surface area (TPSA) is 45.1 Å². The van der Waals surface area contributed by atoms with Crippen molar-refractivity contribution >= 4 is 17.3 Å². The van der Waals surface area contributed by atoms with E-state index in [2.05, 4.69) is 16.4 Å². The van der Waals surface area contributed by atoms with Crippen molar-refractivity contribution in [2.75, 3.05) is 5.32 Å². The maximum atomic E-state index is 9.39. The van der Waals surface area contributed by atoms with Crippen molar-refractivity contribution in [1.82, 2.24) is 4.98 Å². The zero-order valence-corrected chi connectivity index (χ0v) is 10.5. The van der Waals surface area contributed by atoms with Gasteiger partial charge in [0.15, 0.2) is 0 Å². The zero-order chi connectivity index (χ0) is 12.5. The Balaban J connectivity index is 1.84. The summed E-state index contributed by atoms with van der Waals surface area (Å²) in [4.78, 5) is 4.43. The van der Waals surface area contributed by atoms with Crippen molar-refractivity contribution in [2.45, 2.75) is 18.9 Å². The van der Waals surface area contributed by atoms with E-state index in [1.54, 1.807) is 12.1 Å². The minimum Gasteiger partial charge on any atom is -0.506 e.